The highest BCUT2D eigenvalue weighted by Gasteiger charge is 2.33. The van der Waals surface area contributed by atoms with Crippen LogP contribution in [0.15, 0.2) is 0 Å². The molecule has 1 aliphatic rings. The van der Waals surface area contributed by atoms with E-state index in [2.05, 4.69) is 17.1 Å². The van der Waals surface area contributed by atoms with Gasteiger partial charge in [-0.15, -0.1) is 0 Å². The van der Waals surface area contributed by atoms with Gasteiger partial charge in [0.25, 0.3) is 0 Å². The maximum absolute atomic E-state index is 12.4. The van der Waals surface area contributed by atoms with Crippen LogP contribution in [0.4, 0.5) is 0 Å². The van der Waals surface area contributed by atoms with Crippen LogP contribution >= 0.6 is 0 Å². The third kappa shape index (κ3) is 2.97. The van der Waals surface area contributed by atoms with Crippen LogP contribution in [-0.2, 0) is 4.79 Å². The first-order chi connectivity index (χ1) is 7.53. The molecule has 3 nitrogen and oxygen atoms in total. The van der Waals surface area contributed by atoms with Crippen molar-refractivity contribution in [2.45, 2.75) is 64.5 Å². The van der Waals surface area contributed by atoms with Crippen LogP contribution in [0.5, 0.6) is 0 Å². The standard InChI is InChI=1S/C13H26N2O/c1-5-15(11-9-7-6-8-10-11)12(16)13(2,3)14-4/h11,14H,5-10H2,1-4H3. The summed E-state index contributed by atoms with van der Waals surface area (Å²) in [5.41, 5.74) is -0.437. The first kappa shape index (κ1) is 13.5. The smallest absolute Gasteiger partial charge is 0.242 e. The summed E-state index contributed by atoms with van der Waals surface area (Å²) in [4.78, 5) is 14.5. The lowest BCUT2D eigenvalue weighted by molar-refractivity contribution is -0.139. The fourth-order valence-corrected chi connectivity index (χ4v) is 2.43. The van der Waals surface area contributed by atoms with Crippen molar-refractivity contribution < 1.29 is 4.79 Å². The zero-order valence-corrected chi connectivity index (χ0v) is 11.2. The van der Waals surface area contributed by atoms with Gasteiger partial charge in [0.2, 0.25) is 5.91 Å². The molecule has 0 spiro atoms. The fourth-order valence-electron chi connectivity index (χ4n) is 2.43. The van der Waals surface area contributed by atoms with Crippen LogP contribution in [-0.4, -0.2) is 36.0 Å². The van der Waals surface area contributed by atoms with E-state index in [1.54, 1.807) is 0 Å². The second-order valence-corrected chi connectivity index (χ2v) is 5.26. The molecule has 1 N–H and O–H groups in total. The van der Waals surface area contributed by atoms with Gasteiger partial charge in [0.05, 0.1) is 5.54 Å². The SMILES string of the molecule is CCN(C(=O)C(C)(C)NC)C1CCCCC1. The summed E-state index contributed by atoms with van der Waals surface area (Å²) < 4.78 is 0. The molecule has 0 unspecified atom stereocenters. The van der Waals surface area contributed by atoms with E-state index in [1.165, 1.54) is 32.1 Å². The van der Waals surface area contributed by atoms with Crippen molar-refractivity contribution >= 4 is 5.91 Å². The number of nitrogens with zero attached hydrogens (tertiary/aromatic N) is 1. The zero-order chi connectivity index (χ0) is 12.2. The van der Waals surface area contributed by atoms with Gasteiger partial charge in [-0.2, -0.15) is 0 Å². The molecule has 0 bridgehead atoms. The highest BCUT2D eigenvalue weighted by atomic mass is 16.2. The van der Waals surface area contributed by atoms with Gasteiger partial charge in [0.1, 0.15) is 0 Å². The summed E-state index contributed by atoms with van der Waals surface area (Å²) in [5.74, 6) is 0.240. The van der Waals surface area contributed by atoms with E-state index in [0.29, 0.717) is 6.04 Å². The third-order valence-electron chi connectivity index (χ3n) is 3.78. The van der Waals surface area contributed by atoms with Crippen molar-refractivity contribution in [2.75, 3.05) is 13.6 Å². The second kappa shape index (κ2) is 5.67. The number of hydrogen-bond acceptors (Lipinski definition) is 2. The lowest BCUT2D eigenvalue weighted by Crippen LogP contribution is -2.55. The van der Waals surface area contributed by atoms with Crippen molar-refractivity contribution in [3.8, 4) is 0 Å². The van der Waals surface area contributed by atoms with Crippen molar-refractivity contribution in [1.82, 2.24) is 10.2 Å². The number of hydrogen-bond donors (Lipinski definition) is 1. The molecule has 0 atom stereocenters. The molecule has 0 heterocycles. The van der Waals surface area contributed by atoms with Crippen LogP contribution in [0.2, 0.25) is 0 Å². The maximum atomic E-state index is 12.4. The number of carbonyl (C=O) groups is 1. The summed E-state index contributed by atoms with van der Waals surface area (Å²) in [6.07, 6.45) is 6.24. The minimum atomic E-state index is -0.437. The summed E-state index contributed by atoms with van der Waals surface area (Å²) in [6, 6.07) is 0.471. The van der Waals surface area contributed by atoms with Crippen molar-refractivity contribution in [3.63, 3.8) is 0 Å². The van der Waals surface area contributed by atoms with Crippen molar-refractivity contribution in [1.29, 1.82) is 0 Å². The molecule has 1 saturated carbocycles. The summed E-state index contributed by atoms with van der Waals surface area (Å²) >= 11 is 0. The lowest BCUT2D eigenvalue weighted by atomic mass is 9.92. The van der Waals surface area contributed by atoms with Gasteiger partial charge in [-0.05, 0) is 40.7 Å². The van der Waals surface area contributed by atoms with E-state index in [-0.39, 0.29) is 5.91 Å². The topological polar surface area (TPSA) is 32.3 Å². The Kier molecular flexibility index (Phi) is 4.78. The Morgan fingerprint density at radius 2 is 1.88 bits per heavy atom. The van der Waals surface area contributed by atoms with E-state index >= 15 is 0 Å². The fraction of sp³-hybridized carbons (Fsp3) is 0.923. The van der Waals surface area contributed by atoms with Crippen LogP contribution in [0.25, 0.3) is 0 Å². The monoisotopic (exact) mass is 226 g/mol. The maximum Gasteiger partial charge on any atom is 0.242 e. The molecule has 1 aliphatic carbocycles. The Morgan fingerprint density at radius 3 is 2.31 bits per heavy atom. The predicted octanol–water partition coefficient (Wildman–Crippen LogP) is 2.17. The van der Waals surface area contributed by atoms with E-state index in [0.717, 1.165) is 6.54 Å². The Labute approximate surface area is 99.6 Å². The number of nitrogens with one attached hydrogen (secondary N) is 1. The summed E-state index contributed by atoms with van der Waals surface area (Å²) in [5, 5.41) is 3.10. The van der Waals surface area contributed by atoms with Crippen LogP contribution in [0, 0.1) is 0 Å². The molecule has 1 fully saturated rings. The van der Waals surface area contributed by atoms with E-state index in [1.807, 2.05) is 20.9 Å². The quantitative estimate of drug-likeness (QED) is 0.797. The van der Waals surface area contributed by atoms with Gasteiger partial charge in [0.15, 0.2) is 0 Å². The molecular formula is C13H26N2O. The normalized spacial score (nSPS) is 18.5. The van der Waals surface area contributed by atoms with Gasteiger partial charge in [-0.25, -0.2) is 0 Å². The average Bonchev–Trinajstić information content (AvgIpc) is 2.31. The minimum absolute atomic E-state index is 0.240. The van der Waals surface area contributed by atoms with Gasteiger partial charge in [0, 0.05) is 12.6 Å². The third-order valence-corrected chi connectivity index (χ3v) is 3.78. The number of likely N-dealkylation sites (N-methyl/N-ethyl adjacent to an activating group) is 2. The number of carbonyl (C=O) groups excluding carboxylic acids is 1. The van der Waals surface area contributed by atoms with Crippen LogP contribution < -0.4 is 5.32 Å². The molecule has 0 saturated heterocycles. The Hall–Kier alpha value is -0.570. The van der Waals surface area contributed by atoms with E-state index < -0.39 is 5.54 Å². The van der Waals surface area contributed by atoms with Gasteiger partial charge in [-0.1, -0.05) is 19.3 Å². The number of rotatable bonds is 4. The molecule has 0 aromatic heterocycles. The van der Waals surface area contributed by atoms with Gasteiger partial charge in [-0.3, -0.25) is 4.79 Å². The van der Waals surface area contributed by atoms with Gasteiger partial charge < -0.3 is 10.2 Å². The molecule has 0 aromatic rings. The Balaban J connectivity index is 2.69. The molecule has 0 radical (unpaired) electrons. The van der Waals surface area contributed by atoms with Crippen molar-refractivity contribution in [3.05, 3.63) is 0 Å². The van der Waals surface area contributed by atoms with E-state index in [4.69, 9.17) is 0 Å². The van der Waals surface area contributed by atoms with E-state index in [9.17, 15) is 4.79 Å². The molecule has 1 rings (SSSR count). The predicted molar refractivity (Wildman–Crippen MR) is 67.4 cm³/mol. The largest absolute Gasteiger partial charge is 0.338 e. The molecule has 3 heteroatoms. The molecule has 0 aliphatic heterocycles. The Morgan fingerprint density at radius 1 is 1.31 bits per heavy atom. The molecule has 1 amide bonds. The van der Waals surface area contributed by atoms with Gasteiger partial charge >= 0.3 is 0 Å². The summed E-state index contributed by atoms with van der Waals surface area (Å²) in [6.45, 7) is 6.83. The number of amides is 1. The first-order valence-corrected chi connectivity index (χ1v) is 6.53. The minimum Gasteiger partial charge on any atom is -0.338 e. The molecule has 16 heavy (non-hydrogen) atoms. The zero-order valence-electron chi connectivity index (χ0n) is 11.2. The highest BCUT2D eigenvalue weighted by Crippen LogP contribution is 2.24. The highest BCUT2D eigenvalue weighted by molar-refractivity contribution is 5.85. The lowest BCUT2D eigenvalue weighted by Gasteiger charge is -2.38. The molecule has 0 aromatic carbocycles. The average molecular weight is 226 g/mol. The van der Waals surface area contributed by atoms with Crippen LogP contribution in [0.1, 0.15) is 52.9 Å². The summed E-state index contributed by atoms with van der Waals surface area (Å²) in [7, 11) is 1.85. The first-order valence-electron chi connectivity index (χ1n) is 6.53. The molecule has 94 valence electrons. The Bertz CT molecular complexity index is 232. The molecular weight excluding hydrogens is 200 g/mol. The second-order valence-electron chi connectivity index (χ2n) is 5.26. The van der Waals surface area contributed by atoms with Crippen molar-refractivity contribution in [2.24, 2.45) is 0 Å². The van der Waals surface area contributed by atoms with Crippen LogP contribution in [0.3, 0.4) is 0 Å².